The minimum absolute atomic E-state index is 0. The number of para-hydroxylation sites is 1. The van der Waals surface area contributed by atoms with Gasteiger partial charge in [-0.15, -0.1) is 24.0 Å². The van der Waals surface area contributed by atoms with Crippen LogP contribution < -0.4 is 16.4 Å². The molecule has 3 aromatic rings. The van der Waals surface area contributed by atoms with E-state index in [1.165, 1.54) is 10.3 Å². The maximum absolute atomic E-state index is 5.92. The summed E-state index contributed by atoms with van der Waals surface area (Å²) in [7, 11) is 0. The SMILES string of the molecule is CCc1ccc(NC(N)=NCCNc2nc3ccccc3s2)cc1.I. The Bertz CT molecular complexity index is 796. The third-order valence-electron chi connectivity index (χ3n) is 3.60. The van der Waals surface area contributed by atoms with Gasteiger partial charge < -0.3 is 16.4 Å². The molecule has 4 N–H and O–H groups in total. The highest BCUT2D eigenvalue weighted by Gasteiger charge is 2.01. The number of benzene rings is 2. The smallest absolute Gasteiger partial charge is 0.193 e. The first-order chi connectivity index (χ1) is 11.7. The molecule has 5 nitrogen and oxygen atoms in total. The van der Waals surface area contributed by atoms with Gasteiger partial charge in [-0.3, -0.25) is 4.99 Å². The van der Waals surface area contributed by atoms with Gasteiger partial charge in [0, 0.05) is 12.2 Å². The molecule has 2 aromatic carbocycles. The van der Waals surface area contributed by atoms with Gasteiger partial charge in [0.05, 0.1) is 16.8 Å². The van der Waals surface area contributed by atoms with Crippen LogP contribution in [0.4, 0.5) is 10.8 Å². The molecule has 0 unspecified atom stereocenters. The summed E-state index contributed by atoms with van der Waals surface area (Å²) in [6, 6.07) is 16.3. The van der Waals surface area contributed by atoms with Crippen LogP contribution in [0.5, 0.6) is 0 Å². The number of rotatable bonds is 6. The Morgan fingerprint density at radius 1 is 1.16 bits per heavy atom. The summed E-state index contributed by atoms with van der Waals surface area (Å²) in [6.07, 6.45) is 1.03. The molecule has 25 heavy (non-hydrogen) atoms. The molecule has 1 heterocycles. The summed E-state index contributed by atoms with van der Waals surface area (Å²) in [5.41, 5.74) is 9.19. The van der Waals surface area contributed by atoms with Crippen LogP contribution >= 0.6 is 35.3 Å². The number of aromatic nitrogens is 1. The van der Waals surface area contributed by atoms with Crippen molar-refractivity contribution in [1.82, 2.24) is 4.98 Å². The monoisotopic (exact) mass is 467 g/mol. The zero-order valence-electron chi connectivity index (χ0n) is 14.0. The average molecular weight is 467 g/mol. The maximum atomic E-state index is 5.92. The molecule has 0 saturated heterocycles. The Morgan fingerprint density at radius 2 is 1.92 bits per heavy atom. The lowest BCUT2D eigenvalue weighted by molar-refractivity contribution is 1.01. The van der Waals surface area contributed by atoms with Crippen LogP contribution in [-0.2, 0) is 6.42 Å². The zero-order valence-corrected chi connectivity index (χ0v) is 17.2. The highest BCUT2D eigenvalue weighted by atomic mass is 127. The Labute approximate surface area is 168 Å². The van der Waals surface area contributed by atoms with Gasteiger partial charge in [-0.1, -0.05) is 42.5 Å². The first-order valence-corrected chi connectivity index (χ1v) is 8.81. The number of nitrogens with zero attached hydrogens (tertiary/aromatic N) is 2. The summed E-state index contributed by atoms with van der Waals surface area (Å²) in [4.78, 5) is 8.85. The molecule has 1 aromatic heterocycles. The number of anilines is 2. The Morgan fingerprint density at radius 3 is 2.64 bits per heavy atom. The second kappa shape index (κ2) is 9.57. The molecule has 0 amide bonds. The van der Waals surface area contributed by atoms with Crippen molar-refractivity contribution in [3.05, 3.63) is 54.1 Å². The molecule has 0 aliphatic heterocycles. The Kier molecular flexibility index (Phi) is 7.45. The molecule has 0 atom stereocenters. The number of nitrogens with two attached hydrogens (primary N) is 1. The highest BCUT2D eigenvalue weighted by Crippen LogP contribution is 2.24. The van der Waals surface area contributed by atoms with E-state index >= 15 is 0 Å². The van der Waals surface area contributed by atoms with Crippen LogP contribution in [0.25, 0.3) is 10.2 Å². The summed E-state index contributed by atoms with van der Waals surface area (Å²) in [5.74, 6) is 0.422. The van der Waals surface area contributed by atoms with E-state index in [0.29, 0.717) is 19.0 Å². The van der Waals surface area contributed by atoms with Gasteiger partial charge in [0.25, 0.3) is 0 Å². The van der Waals surface area contributed by atoms with Crippen LogP contribution in [0.15, 0.2) is 53.5 Å². The molecule has 0 spiro atoms. The summed E-state index contributed by atoms with van der Waals surface area (Å²) in [5, 5.41) is 7.30. The fraction of sp³-hybridized carbons (Fsp3) is 0.222. The predicted molar refractivity (Wildman–Crippen MR) is 119 cm³/mol. The molecule has 0 radical (unpaired) electrons. The molecule has 0 aliphatic carbocycles. The third kappa shape index (κ3) is 5.57. The number of nitrogens with one attached hydrogen (secondary N) is 2. The lowest BCUT2D eigenvalue weighted by Crippen LogP contribution is -2.23. The standard InChI is InChI=1S/C18H21N5S.HI/c1-2-13-7-9-14(10-8-13)22-17(19)20-11-12-21-18-23-15-5-3-4-6-16(15)24-18;/h3-10H,2,11-12H2,1H3,(H,21,23)(H3,19,20,22);1H. The number of guanidine groups is 1. The number of fused-ring (bicyclic) bond motifs is 1. The third-order valence-corrected chi connectivity index (χ3v) is 4.59. The van der Waals surface area contributed by atoms with E-state index in [1.807, 2.05) is 30.3 Å². The van der Waals surface area contributed by atoms with E-state index in [1.54, 1.807) is 11.3 Å². The van der Waals surface area contributed by atoms with Gasteiger partial charge >= 0.3 is 0 Å². The largest absolute Gasteiger partial charge is 0.370 e. The number of aliphatic imine (C=N–C) groups is 1. The summed E-state index contributed by atoms with van der Waals surface area (Å²) < 4.78 is 1.18. The van der Waals surface area contributed by atoms with E-state index in [0.717, 1.165) is 22.8 Å². The van der Waals surface area contributed by atoms with Crippen molar-refractivity contribution in [2.75, 3.05) is 23.7 Å². The molecule has 0 saturated carbocycles. The summed E-state index contributed by atoms with van der Waals surface area (Å²) >= 11 is 1.64. The predicted octanol–water partition coefficient (Wildman–Crippen LogP) is 4.32. The minimum atomic E-state index is 0. The number of halogens is 1. The highest BCUT2D eigenvalue weighted by molar-refractivity contribution is 14.0. The van der Waals surface area contributed by atoms with Crippen LogP contribution in [0.3, 0.4) is 0 Å². The van der Waals surface area contributed by atoms with E-state index in [2.05, 4.69) is 45.7 Å². The summed E-state index contributed by atoms with van der Waals surface area (Å²) in [6.45, 7) is 3.41. The van der Waals surface area contributed by atoms with Gasteiger partial charge in [-0.25, -0.2) is 4.98 Å². The first-order valence-electron chi connectivity index (χ1n) is 8.00. The fourth-order valence-corrected chi connectivity index (χ4v) is 3.19. The number of thiazole rings is 1. The second-order valence-corrected chi connectivity index (χ2v) is 6.39. The van der Waals surface area contributed by atoms with Crippen LogP contribution in [0.1, 0.15) is 12.5 Å². The minimum Gasteiger partial charge on any atom is -0.370 e. The molecule has 3 rings (SSSR count). The Hall–Kier alpha value is -1.87. The van der Waals surface area contributed by atoms with Gasteiger partial charge in [0.2, 0.25) is 0 Å². The van der Waals surface area contributed by atoms with Gasteiger partial charge in [-0.05, 0) is 36.2 Å². The maximum Gasteiger partial charge on any atom is 0.193 e. The molecule has 7 heteroatoms. The molecule has 0 aliphatic rings. The fourth-order valence-electron chi connectivity index (χ4n) is 2.30. The van der Waals surface area contributed by atoms with Crippen molar-refractivity contribution in [1.29, 1.82) is 0 Å². The lowest BCUT2D eigenvalue weighted by Gasteiger charge is -2.06. The molecular formula is C18H22IN5S. The van der Waals surface area contributed by atoms with Crippen molar-refractivity contribution in [3.8, 4) is 0 Å². The quantitative estimate of drug-likeness (QED) is 0.219. The number of hydrogen-bond donors (Lipinski definition) is 3. The first kappa shape index (κ1) is 19.5. The topological polar surface area (TPSA) is 75.3 Å². The van der Waals surface area contributed by atoms with E-state index in [9.17, 15) is 0 Å². The number of hydrogen-bond acceptors (Lipinski definition) is 4. The normalized spacial score (nSPS) is 11.2. The molecular weight excluding hydrogens is 445 g/mol. The van der Waals surface area contributed by atoms with E-state index in [4.69, 9.17) is 5.73 Å². The van der Waals surface area contributed by atoms with Gasteiger partial charge in [-0.2, -0.15) is 0 Å². The van der Waals surface area contributed by atoms with Crippen molar-refractivity contribution < 1.29 is 0 Å². The van der Waals surface area contributed by atoms with Crippen molar-refractivity contribution in [2.45, 2.75) is 13.3 Å². The van der Waals surface area contributed by atoms with Gasteiger partial charge in [0.15, 0.2) is 11.1 Å². The Balaban J connectivity index is 0.00000225. The average Bonchev–Trinajstić information content (AvgIpc) is 3.02. The van der Waals surface area contributed by atoms with Crippen LogP contribution in [0, 0.1) is 0 Å². The molecule has 0 fully saturated rings. The second-order valence-electron chi connectivity index (χ2n) is 5.36. The van der Waals surface area contributed by atoms with Gasteiger partial charge in [0.1, 0.15) is 0 Å². The zero-order chi connectivity index (χ0) is 16.8. The lowest BCUT2D eigenvalue weighted by atomic mass is 10.1. The van der Waals surface area contributed by atoms with E-state index < -0.39 is 0 Å². The molecule has 0 bridgehead atoms. The van der Waals surface area contributed by atoms with Crippen LogP contribution in [0.2, 0.25) is 0 Å². The van der Waals surface area contributed by atoms with Crippen LogP contribution in [-0.4, -0.2) is 24.0 Å². The van der Waals surface area contributed by atoms with Crippen molar-refractivity contribution in [3.63, 3.8) is 0 Å². The van der Waals surface area contributed by atoms with Crippen molar-refractivity contribution >= 4 is 62.3 Å². The molecule has 132 valence electrons. The van der Waals surface area contributed by atoms with Crippen molar-refractivity contribution in [2.24, 2.45) is 10.7 Å². The number of aryl methyl sites for hydroxylation is 1. The van der Waals surface area contributed by atoms with E-state index in [-0.39, 0.29) is 24.0 Å².